The lowest BCUT2D eigenvalue weighted by atomic mass is 9.97. The van der Waals surface area contributed by atoms with Gasteiger partial charge in [0.05, 0.1) is 17.0 Å². The Kier molecular flexibility index (Phi) is 4.13. The molecule has 0 spiro atoms. The maximum absolute atomic E-state index is 12.2. The molecule has 1 aliphatic heterocycles. The van der Waals surface area contributed by atoms with E-state index in [0.717, 1.165) is 42.9 Å². The van der Waals surface area contributed by atoms with Gasteiger partial charge in [-0.25, -0.2) is 4.98 Å². The minimum absolute atomic E-state index is 0.0218. The predicted molar refractivity (Wildman–Crippen MR) is 88.9 cm³/mol. The number of benzene rings is 1. The number of anilines is 1. The number of nitrogens with zero attached hydrogens (tertiary/aromatic N) is 3. The monoisotopic (exact) mass is 298 g/mol. The van der Waals surface area contributed by atoms with Crippen LogP contribution in [0.15, 0.2) is 36.9 Å². The number of amides is 1. The number of aromatic nitrogens is 2. The van der Waals surface area contributed by atoms with Crippen LogP contribution in [-0.4, -0.2) is 35.1 Å². The van der Waals surface area contributed by atoms with E-state index >= 15 is 0 Å². The minimum Gasteiger partial charge on any atom is -0.352 e. The second kappa shape index (κ2) is 6.22. The van der Waals surface area contributed by atoms with Crippen molar-refractivity contribution in [3.63, 3.8) is 0 Å². The summed E-state index contributed by atoms with van der Waals surface area (Å²) in [4.78, 5) is 19.1. The van der Waals surface area contributed by atoms with Crippen molar-refractivity contribution < 1.29 is 4.79 Å². The largest absolute Gasteiger partial charge is 0.352 e. The second-order valence-corrected chi connectivity index (χ2v) is 5.78. The Hall–Kier alpha value is -2.30. The van der Waals surface area contributed by atoms with Crippen LogP contribution in [0.2, 0.25) is 0 Å². The van der Waals surface area contributed by atoms with Gasteiger partial charge in [0.25, 0.3) is 0 Å². The standard InChI is InChI=1S/C17H22N4O/c1-3-10-18-16(22)13-7-6-11-21(12-13)17-19-14-8-4-5-9-15(14)20(17)2/h3-5,8-9,13H,1,6-7,10-12H2,2H3,(H,18,22)/t13-/m1/s1. The smallest absolute Gasteiger partial charge is 0.225 e. The van der Waals surface area contributed by atoms with Gasteiger partial charge in [0, 0.05) is 26.7 Å². The summed E-state index contributed by atoms with van der Waals surface area (Å²) in [6, 6.07) is 8.12. The molecule has 0 radical (unpaired) electrons. The molecule has 1 N–H and O–H groups in total. The van der Waals surface area contributed by atoms with E-state index < -0.39 is 0 Å². The number of carbonyl (C=O) groups excluding carboxylic acids is 1. The van der Waals surface area contributed by atoms with Gasteiger partial charge in [-0.15, -0.1) is 6.58 Å². The van der Waals surface area contributed by atoms with Gasteiger partial charge in [0.2, 0.25) is 11.9 Å². The average Bonchev–Trinajstić information content (AvgIpc) is 2.90. The van der Waals surface area contributed by atoms with Gasteiger partial charge in [-0.2, -0.15) is 0 Å². The third-order valence-electron chi connectivity index (χ3n) is 4.26. The molecule has 22 heavy (non-hydrogen) atoms. The van der Waals surface area contributed by atoms with Gasteiger partial charge >= 0.3 is 0 Å². The third kappa shape index (κ3) is 2.71. The molecule has 1 aliphatic rings. The van der Waals surface area contributed by atoms with Crippen molar-refractivity contribution in [2.75, 3.05) is 24.5 Å². The lowest BCUT2D eigenvalue weighted by Gasteiger charge is -2.32. The van der Waals surface area contributed by atoms with Crippen molar-refractivity contribution in [3.8, 4) is 0 Å². The molecule has 116 valence electrons. The fourth-order valence-electron chi connectivity index (χ4n) is 3.11. The lowest BCUT2D eigenvalue weighted by molar-refractivity contribution is -0.125. The Morgan fingerprint density at radius 2 is 2.32 bits per heavy atom. The molecule has 2 heterocycles. The summed E-state index contributed by atoms with van der Waals surface area (Å²) in [5, 5.41) is 2.90. The van der Waals surface area contributed by atoms with Crippen LogP contribution in [0.1, 0.15) is 12.8 Å². The zero-order valence-electron chi connectivity index (χ0n) is 13.0. The van der Waals surface area contributed by atoms with E-state index in [1.807, 2.05) is 25.2 Å². The van der Waals surface area contributed by atoms with Crippen LogP contribution in [0.25, 0.3) is 11.0 Å². The van der Waals surface area contributed by atoms with E-state index in [2.05, 4.69) is 27.4 Å². The molecule has 1 amide bonds. The summed E-state index contributed by atoms with van der Waals surface area (Å²) in [6.45, 7) is 5.84. The van der Waals surface area contributed by atoms with Crippen molar-refractivity contribution in [3.05, 3.63) is 36.9 Å². The number of carbonyl (C=O) groups is 1. The topological polar surface area (TPSA) is 50.2 Å². The van der Waals surface area contributed by atoms with E-state index in [0.29, 0.717) is 6.54 Å². The molecular formula is C17H22N4O. The fraction of sp³-hybridized carbons (Fsp3) is 0.412. The number of hydrogen-bond donors (Lipinski definition) is 1. The molecule has 0 saturated carbocycles. The fourth-order valence-corrected chi connectivity index (χ4v) is 3.11. The summed E-state index contributed by atoms with van der Waals surface area (Å²) in [6.07, 6.45) is 3.66. The number of para-hydroxylation sites is 2. The molecule has 1 fully saturated rings. The number of hydrogen-bond acceptors (Lipinski definition) is 3. The van der Waals surface area contributed by atoms with E-state index in [9.17, 15) is 4.79 Å². The normalized spacial score (nSPS) is 18.4. The highest BCUT2D eigenvalue weighted by atomic mass is 16.1. The molecule has 3 rings (SSSR count). The molecule has 5 nitrogen and oxygen atoms in total. The highest BCUT2D eigenvalue weighted by molar-refractivity contribution is 5.81. The van der Waals surface area contributed by atoms with Crippen LogP contribution in [0.5, 0.6) is 0 Å². The first kappa shape index (κ1) is 14.6. The molecular weight excluding hydrogens is 276 g/mol. The van der Waals surface area contributed by atoms with Gasteiger partial charge < -0.3 is 14.8 Å². The number of aryl methyl sites for hydroxylation is 1. The van der Waals surface area contributed by atoms with E-state index in [1.54, 1.807) is 6.08 Å². The van der Waals surface area contributed by atoms with Crippen LogP contribution in [-0.2, 0) is 11.8 Å². The van der Waals surface area contributed by atoms with Crippen LogP contribution in [0, 0.1) is 5.92 Å². The maximum atomic E-state index is 12.2. The van der Waals surface area contributed by atoms with Crippen molar-refractivity contribution >= 4 is 22.9 Å². The first-order chi connectivity index (χ1) is 10.7. The third-order valence-corrected chi connectivity index (χ3v) is 4.26. The Bertz CT molecular complexity index is 691. The molecule has 2 aromatic rings. The molecule has 5 heteroatoms. The summed E-state index contributed by atoms with van der Waals surface area (Å²) < 4.78 is 2.11. The lowest BCUT2D eigenvalue weighted by Crippen LogP contribution is -2.44. The van der Waals surface area contributed by atoms with E-state index in [-0.39, 0.29) is 11.8 Å². The second-order valence-electron chi connectivity index (χ2n) is 5.78. The number of fused-ring (bicyclic) bond motifs is 1. The SMILES string of the molecule is C=CCNC(=O)[C@@H]1CCCN(c2nc3ccccc3n2C)C1. The summed E-state index contributed by atoms with van der Waals surface area (Å²) in [5.41, 5.74) is 2.12. The number of piperidine rings is 1. The zero-order chi connectivity index (χ0) is 15.5. The molecule has 1 aromatic heterocycles. The van der Waals surface area contributed by atoms with Gasteiger partial charge in [-0.1, -0.05) is 18.2 Å². The quantitative estimate of drug-likeness (QED) is 0.879. The number of nitrogens with one attached hydrogen (secondary N) is 1. The number of rotatable bonds is 4. The molecule has 0 aliphatic carbocycles. The maximum Gasteiger partial charge on any atom is 0.225 e. The predicted octanol–water partition coefficient (Wildman–Crippen LogP) is 2.09. The highest BCUT2D eigenvalue weighted by Crippen LogP contribution is 2.25. The molecule has 1 saturated heterocycles. The van der Waals surface area contributed by atoms with Crippen LogP contribution in [0.4, 0.5) is 5.95 Å². The summed E-state index contributed by atoms with van der Waals surface area (Å²) >= 11 is 0. The van der Waals surface area contributed by atoms with E-state index in [1.165, 1.54) is 0 Å². The van der Waals surface area contributed by atoms with Gasteiger partial charge in [0.1, 0.15) is 0 Å². The first-order valence-electron chi connectivity index (χ1n) is 7.75. The molecule has 1 atom stereocenters. The minimum atomic E-state index is 0.0218. The summed E-state index contributed by atoms with van der Waals surface area (Å²) in [5.74, 6) is 1.08. The molecule has 0 bridgehead atoms. The van der Waals surface area contributed by atoms with Gasteiger partial charge in [-0.3, -0.25) is 4.79 Å². The Morgan fingerprint density at radius 1 is 1.50 bits per heavy atom. The van der Waals surface area contributed by atoms with Crippen LogP contribution >= 0.6 is 0 Å². The molecule has 1 aromatic carbocycles. The van der Waals surface area contributed by atoms with Crippen molar-refractivity contribution in [1.82, 2.24) is 14.9 Å². The van der Waals surface area contributed by atoms with Crippen LogP contribution in [0.3, 0.4) is 0 Å². The van der Waals surface area contributed by atoms with Crippen molar-refractivity contribution in [2.24, 2.45) is 13.0 Å². The highest BCUT2D eigenvalue weighted by Gasteiger charge is 2.27. The van der Waals surface area contributed by atoms with Crippen LogP contribution < -0.4 is 10.2 Å². The average molecular weight is 298 g/mol. The summed E-state index contributed by atoms with van der Waals surface area (Å²) in [7, 11) is 2.03. The van der Waals surface area contributed by atoms with Crippen molar-refractivity contribution in [2.45, 2.75) is 12.8 Å². The Balaban J connectivity index is 1.80. The van der Waals surface area contributed by atoms with Crippen molar-refractivity contribution in [1.29, 1.82) is 0 Å². The molecule has 0 unspecified atom stereocenters. The van der Waals surface area contributed by atoms with Gasteiger partial charge in [0.15, 0.2) is 0 Å². The van der Waals surface area contributed by atoms with E-state index in [4.69, 9.17) is 4.98 Å². The number of imidazole rings is 1. The zero-order valence-corrected chi connectivity index (χ0v) is 13.0. The Morgan fingerprint density at radius 3 is 3.09 bits per heavy atom. The first-order valence-corrected chi connectivity index (χ1v) is 7.75. The van der Waals surface area contributed by atoms with Gasteiger partial charge in [-0.05, 0) is 25.0 Å². The Labute approximate surface area is 130 Å².